The number of nitrogens with one attached hydrogen (secondary N) is 2. The predicted octanol–water partition coefficient (Wildman–Crippen LogP) is 1.66. The van der Waals surface area contributed by atoms with Gasteiger partial charge in [-0.1, -0.05) is 6.07 Å². The van der Waals surface area contributed by atoms with Crippen molar-refractivity contribution in [2.75, 3.05) is 24.3 Å². The molecule has 1 aliphatic carbocycles. The van der Waals surface area contributed by atoms with Gasteiger partial charge >= 0.3 is 0 Å². The van der Waals surface area contributed by atoms with Gasteiger partial charge in [0.1, 0.15) is 5.82 Å². The minimum atomic E-state index is 0.281. The lowest BCUT2D eigenvalue weighted by Gasteiger charge is -2.12. The summed E-state index contributed by atoms with van der Waals surface area (Å²) in [6, 6.07) is 8.44. The van der Waals surface area contributed by atoms with Crippen LogP contribution in [0.3, 0.4) is 0 Å². The molecule has 0 radical (unpaired) electrons. The Morgan fingerprint density at radius 2 is 2.04 bits per heavy atom. The summed E-state index contributed by atoms with van der Waals surface area (Å²) in [5.74, 6) is 2.29. The standard InChI is InChI=1S/C16H16N6O/c17-16-19-13-5-8(12-3-4-18-22-12)1-2-9(13)15(21-16)20-14-10-6-23-7-11(10)14/h1-5,10-11,14H,6-7H2,(H,18,22)(H3,17,19,20,21)/t10-,11+,14-. The van der Waals surface area contributed by atoms with Gasteiger partial charge in [0.25, 0.3) is 0 Å². The summed E-state index contributed by atoms with van der Waals surface area (Å²) in [7, 11) is 0. The van der Waals surface area contributed by atoms with Crippen LogP contribution in [-0.4, -0.2) is 39.4 Å². The number of hydrogen-bond acceptors (Lipinski definition) is 6. The molecule has 3 aromatic rings. The first-order valence-electron chi connectivity index (χ1n) is 7.71. The van der Waals surface area contributed by atoms with Gasteiger partial charge < -0.3 is 15.8 Å². The van der Waals surface area contributed by atoms with Crippen LogP contribution in [0.25, 0.3) is 22.2 Å². The number of nitrogens with zero attached hydrogens (tertiary/aromatic N) is 3. The second kappa shape index (κ2) is 4.66. The molecule has 0 unspecified atom stereocenters. The van der Waals surface area contributed by atoms with Gasteiger partial charge in [-0.2, -0.15) is 10.1 Å². The molecule has 23 heavy (non-hydrogen) atoms. The third kappa shape index (κ3) is 2.04. The average molecular weight is 308 g/mol. The smallest absolute Gasteiger partial charge is 0.222 e. The van der Waals surface area contributed by atoms with Gasteiger partial charge in [0.15, 0.2) is 0 Å². The molecule has 2 aromatic heterocycles. The van der Waals surface area contributed by atoms with E-state index in [1.54, 1.807) is 6.20 Å². The molecule has 1 saturated heterocycles. The van der Waals surface area contributed by atoms with Gasteiger partial charge in [0, 0.05) is 35.0 Å². The molecule has 1 aromatic carbocycles. The second-order valence-electron chi connectivity index (χ2n) is 6.17. The lowest BCUT2D eigenvalue weighted by molar-refractivity contribution is 0.162. The summed E-state index contributed by atoms with van der Waals surface area (Å²) in [4.78, 5) is 8.77. The summed E-state index contributed by atoms with van der Waals surface area (Å²) in [6.07, 6.45) is 1.73. The molecule has 3 atom stereocenters. The molecule has 116 valence electrons. The van der Waals surface area contributed by atoms with Crippen molar-refractivity contribution in [1.82, 2.24) is 20.2 Å². The summed E-state index contributed by atoms with van der Waals surface area (Å²) < 4.78 is 5.44. The zero-order valence-corrected chi connectivity index (χ0v) is 12.4. The molecule has 7 heteroatoms. The van der Waals surface area contributed by atoms with Gasteiger partial charge in [-0.25, -0.2) is 4.98 Å². The van der Waals surface area contributed by atoms with E-state index in [9.17, 15) is 0 Å². The minimum absolute atomic E-state index is 0.281. The molecule has 2 aliphatic rings. The maximum absolute atomic E-state index is 5.90. The van der Waals surface area contributed by atoms with Crippen LogP contribution in [-0.2, 0) is 4.74 Å². The van der Waals surface area contributed by atoms with E-state index >= 15 is 0 Å². The van der Waals surface area contributed by atoms with E-state index in [2.05, 4.69) is 25.5 Å². The quantitative estimate of drug-likeness (QED) is 0.680. The Hall–Kier alpha value is -2.67. The maximum atomic E-state index is 5.90. The van der Waals surface area contributed by atoms with Crippen LogP contribution in [0.5, 0.6) is 0 Å². The fraction of sp³-hybridized carbons (Fsp3) is 0.312. The van der Waals surface area contributed by atoms with Crippen molar-refractivity contribution in [3.63, 3.8) is 0 Å². The molecule has 5 rings (SSSR count). The molecule has 0 amide bonds. The van der Waals surface area contributed by atoms with E-state index in [1.807, 2.05) is 24.3 Å². The molecular formula is C16H16N6O. The number of benzene rings is 1. The zero-order valence-electron chi connectivity index (χ0n) is 12.4. The second-order valence-corrected chi connectivity index (χ2v) is 6.17. The summed E-state index contributed by atoms with van der Waals surface area (Å²) in [6.45, 7) is 1.68. The number of rotatable bonds is 3. The van der Waals surface area contributed by atoms with Crippen molar-refractivity contribution < 1.29 is 4.74 Å². The van der Waals surface area contributed by atoms with Crippen molar-refractivity contribution in [2.45, 2.75) is 6.04 Å². The first-order chi connectivity index (χ1) is 11.3. The van der Waals surface area contributed by atoms with E-state index in [1.165, 1.54) is 0 Å². The average Bonchev–Trinajstić information content (AvgIpc) is 3.01. The maximum Gasteiger partial charge on any atom is 0.222 e. The Morgan fingerprint density at radius 3 is 2.83 bits per heavy atom. The molecule has 3 heterocycles. The van der Waals surface area contributed by atoms with E-state index in [-0.39, 0.29) is 5.95 Å². The van der Waals surface area contributed by atoms with Crippen LogP contribution in [0.15, 0.2) is 30.5 Å². The lowest BCUT2D eigenvalue weighted by atomic mass is 10.1. The number of ether oxygens (including phenoxy) is 1. The number of nitrogen functional groups attached to an aromatic ring is 1. The Bertz CT molecular complexity index is 868. The highest BCUT2D eigenvalue weighted by Gasteiger charge is 2.54. The van der Waals surface area contributed by atoms with Crippen LogP contribution in [0.2, 0.25) is 0 Å². The Morgan fingerprint density at radius 1 is 1.17 bits per heavy atom. The van der Waals surface area contributed by atoms with Crippen LogP contribution in [0, 0.1) is 11.8 Å². The number of aromatic amines is 1. The van der Waals surface area contributed by atoms with Crippen molar-refractivity contribution in [3.05, 3.63) is 30.5 Å². The summed E-state index contributed by atoms with van der Waals surface area (Å²) in [5.41, 5.74) is 8.70. The molecule has 7 nitrogen and oxygen atoms in total. The van der Waals surface area contributed by atoms with E-state index in [0.29, 0.717) is 17.9 Å². The summed E-state index contributed by atoms with van der Waals surface area (Å²) in [5, 5.41) is 11.5. The highest BCUT2D eigenvalue weighted by atomic mass is 16.5. The van der Waals surface area contributed by atoms with Crippen molar-refractivity contribution in [3.8, 4) is 11.3 Å². The monoisotopic (exact) mass is 308 g/mol. The topological polar surface area (TPSA) is 102 Å². The number of hydrogen-bond donors (Lipinski definition) is 3. The molecular weight excluding hydrogens is 292 g/mol. The molecule has 1 saturated carbocycles. The van der Waals surface area contributed by atoms with Crippen molar-refractivity contribution in [1.29, 1.82) is 0 Å². The van der Waals surface area contributed by atoms with E-state index in [0.717, 1.165) is 41.2 Å². The predicted molar refractivity (Wildman–Crippen MR) is 86.7 cm³/mol. The van der Waals surface area contributed by atoms with Crippen molar-refractivity contribution in [2.24, 2.45) is 11.8 Å². The highest BCUT2D eigenvalue weighted by Crippen LogP contribution is 2.46. The lowest BCUT2D eigenvalue weighted by Crippen LogP contribution is -2.14. The number of H-pyrrole nitrogens is 1. The van der Waals surface area contributed by atoms with Gasteiger partial charge in [-0.15, -0.1) is 0 Å². The van der Waals surface area contributed by atoms with Gasteiger partial charge in [0.2, 0.25) is 5.95 Å². The molecule has 2 fully saturated rings. The molecule has 0 spiro atoms. The van der Waals surface area contributed by atoms with Crippen LogP contribution in [0.1, 0.15) is 0 Å². The number of aromatic nitrogens is 4. The minimum Gasteiger partial charge on any atom is -0.381 e. The molecule has 4 N–H and O–H groups in total. The molecule has 1 aliphatic heterocycles. The third-order valence-electron chi connectivity index (χ3n) is 4.78. The Labute approximate surface area is 132 Å². The fourth-order valence-electron chi connectivity index (χ4n) is 3.45. The first kappa shape index (κ1) is 12.8. The summed E-state index contributed by atoms with van der Waals surface area (Å²) >= 11 is 0. The third-order valence-corrected chi connectivity index (χ3v) is 4.78. The molecule has 0 bridgehead atoms. The van der Waals surface area contributed by atoms with Gasteiger partial charge in [-0.05, 0) is 18.2 Å². The van der Waals surface area contributed by atoms with Gasteiger partial charge in [0.05, 0.1) is 24.4 Å². The Balaban J connectivity index is 1.54. The fourth-order valence-corrected chi connectivity index (χ4v) is 3.45. The SMILES string of the molecule is Nc1nc(N[C@@H]2[C@@H]3COC[C@@H]32)c2ccc(-c3ccn[nH]3)cc2n1. The zero-order chi connectivity index (χ0) is 15.4. The van der Waals surface area contributed by atoms with Crippen LogP contribution >= 0.6 is 0 Å². The largest absolute Gasteiger partial charge is 0.381 e. The number of fused-ring (bicyclic) bond motifs is 2. The Kier molecular flexibility index (Phi) is 2.60. The number of anilines is 2. The van der Waals surface area contributed by atoms with E-state index in [4.69, 9.17) is 10.5 Å². The van der Waals surface area contributed by atoms with E-state index < -0.39 is 0 Å². The van der Waals surface area contributed by atoms with Crippen molar-refractivity contribution >= 4 is 22.7 Å². The van der Waals surface area contributed by atoms with Crippen LogP contribution < -0.4 is 11.1 Å². The van der Waals surface area contributed by atoms with Crippen LogP contribution in [0.4, 0.5) is 11.8 Å². The number of nitrogens with two attached hydrogens (primary N) is 1. The normalized spacial score (nSPS) is 25.5. The highest BCUT2D eigenvalue weighted by molar-refractivity contribution is 5.92. The first-order valence-corrected chi connectivity index (χ1v) is 7.71. The van der Waals surface area contributed by atoms with Gasteiger partial charge in [-0.3, -0.25) is 5.10 Å².